The van der Waals surface area contributed by atoms with Crippen molar-refractivity contribution < 1.29 is 18.0 Å². The average Bonchev–Trinajstić information content (AvgIpc) is 2.19. The first-order valence-electron chi connectivity index (χ1n) is 4.39. The zero-order valence-electron chi connectivity index (χ0n) is 8.47. The monoisotopic (exact) mass is 249 g/mol. The molecule has 16 heavy (non-hydrogen) atoms. The number of carbonyl (C=O) groups excluding carboxylic acids is 1. The number of amides is 1. The number of halogens is 3. The molecule has 0 unspecified atom stereocenters. The molecule has 2 nitrogen and oxygen atoms in total. The molecule has 0 atom stereocenters. The molecule has 88 valence electrons. The Morgan fingerprint density at radius 3 is 2.62 bits per heavy atom. The predicted molar refractivity (Wildman–Crippen MR) is 58.3 cm³/mol. The lowest BCUT2D eigenvalue weighted by atomic mass is 10.1. The van der Waals surface area contributed by atoms with Gasteiger partial charge in [-0.15, -0.1) is 0 Å². The molecule has 1 aromatic rings. The second-order valence-corrected chi connectivity index (χ2v) is 3.90. The molecule has 6 heteroatoms. The molecule has 0 aromatic heterocycles. The Balaban J connectivity index is 3.26. The minimum Gasteiger partial charge on any atom is -0.328 e. The van der Waals surface area contributed by atoms with Gasteiger partial charge in [-0.05, 0) is 17.9 Å². The van der Waals surface area contributed by atoms with E-state index in [1.807, 2.05) is 0 Å². The topological polar surface area (TPSA) is 29.1 Å². The quantitative estimate of drug-likeness (QED) is 0.830. The van der Waals surface area contributed by atoms with Crippen LogP contribution in [-0.4, -0.2) is 12.7 Å². The van der Waals surface area contributed by atoms with Crippen molar-refractivity contribution in [2.45, 2.75) is 11.9 Å². The third-order valence-electron chi connectivity index (χ3n) is 1.96. The van der Waals surface area contributed by atoms with Crippen LogP contribution in [0.25, 0.3) is 0 Å². The van der Waals surface area contributed by atoms with Gasteiger partial charge in [-0.2, -0.15) is 24.9 Å². The molecule has 1 amide bonds. The Kier molecular flexibility index (Phi) is 4.23. The number of alkyl halides is 3. The van der Waals surface area contributed by atoms with E-state index < -0.39 is 11.7 Å². The summed E-state index contributed by atoms with van der Waals surface area (Å²) in [4.78, 5) is 10.3. The lowest BCUT2D eigenvalue weighted by Crippen LogP contribution is -2.11. The molecule has 1 aromatic carbocycles. The molecule has 0 saturated heterocycles. The summed E-state index contributed by atoms with van der Waals surface area (Å²) in [6.07, 6.45) is -2.42. The second-order valence-electron chi connectivity index (χ2n) is 3.03. The van der Waals surface area contributed by atoms with Crippen molar-refractivity contribution in [1.29, 1.82) is 0 Å². The Bertz CT molecular complexity index is 379. The van der Waals surface area contributed by atoms with Crippen molar-refractivity contribution >= 4 is 23.9 Å². The van der Waals surface area contributed by atoms with Gasteiger partial charge in [0, 0.05) is 5.75 Å². The number of carbonyl (C=O) groups is 1. The van der Waals surface area contributed by atoms with Gasteiger partial charge >= 0.3 is 6.18 Å². The van der Waals surface area contributed by atoms with E-state index >= 15 is 0 Å². The van der Waals surface area contributed by atoms with Gasteiger partial charge in [0.1, 0.15) is 0 Å². The highest BCUT2D eigenvalue weighted by atomic mass is 32.2. The smallest absolute Gasteiger partial charge is 0.328 e. The predicted octanol–water partition coefficient (Wildman–Crippen LogP) is 3.14. The van der Waals surface area contributed by atoms with Crippen LogP contribution in [0, 0.1) is 0 Å². The molecule has 0 bridgehead atoms. The van der Waals surface area contributed by atoms with E-state index in [0.29, 0.717) is 11.3 Å². The van der Waals surface area contributed by atoms with Gasteiger partial charge in [-0.25, -0.2) is 0 Å². The van der Waals surface area contributed by atoms with Crippen molar-refractivity contribution in [3.05, 3.63) is 29.3 Å². The van der Waals surface area contributed by atoms with Crippen LogP contribution in [-0.2, 0) is 16.7 Å². The molecule has 0 fully saturated rings. The minimum absolute atomic E-state index is 0.153. The Hall–Kier alpha value is -1.17. The number of para-hydroxylation sites is 1. The van der Waals surface area contributed by atoms with E-state index in [1.54, 1.807) is 12.3 Å². The summed E-state index contributed by atoms with van der Waals surface area (Å²) in [7, 11) is 0. The number of hydrogen-bond donors (Lipinski definition) is 1. The van der Waals surface area contributed by atoms with Gasteiger partial charge in [0.15, 0.2) is 0 Å². The van der Waals surface area contributed by atoms with Gasteiger partial charge in [0.25, 0.3) is 0 Å². The SMILES string of the molecule is CSCc1cccc(C(F)(F)F)c1NC=O. The fraction of sp³-hybridized carbons (Fsp3) is 0.300. The summed E-state index contributed by atoms with van der Waals surface area (Å²) < 4.78 is 37.9. The van der Waals surface area contributed by atoms with Crippen LogP contribution < -0.4 is 5.32 Å². The molecule has 0 aliphatic carbocycles. The summed E-state index contributed by atoms with van der Waals surface area (Å²) in [5, 5.41) is 2.12. The molecule has 1 rings (SSSR count). The molecule has 0 aliphatic heterocycles. The van der Waals surface area contributed by atoms with E-state index in [2.05, 4.69) is 5.32 Å². The van der Waals surface area contributed by atoms with Crippen molar-refractivity contribution in [3.8, 4) is 0 Å². The number of benzene rings is 1. The van der Waals surface area contributed by atoms with Crippen LogP contribution in [0.1, 0.15) is 11.1 Å². The summed E-state index contributed by atoms with van der Waals surface area (Å²) in [6, 6.07) is 3.86. The Labute approximate surface area is 95.2 Å². The van der Waals surface area contributed by atoms with Crippen LogP contribution >= 0.6 is 11.8 Å². The lowest BCUT2D eigenvalue weighted by Gasteiger charge is -2.15. The molecule has 0 radical (unpaired) electrons. The van der Waals surface area contributed by atoms with Crippen LogP contribution in [0.3, 0.4) is 0 Å². The number of anilines is 1. The van der Waals surface area contributed by atoms with Crippen LogP contribution in [0.2, 0.25) is 0 Å². The third kappa shape index (κ3) is 2.91. The van der Waals surface area contributed by atoms with Gasteiger partial charge < -0.3 is 5.32 Å². The van der Waals surface area contributed by atoms with Gasteiger partial charge in [-0.1, -0.05) is 12.1 Å². The van der Waals surface area contributed by atoms with E-state index in [9.17, 15) is 18.0 Å². The first-order valence-corrected chi connectivity index (χ1v) is 5.78. The van der Waals surface area contributed by atoms with Gasteiger partial charge in [-0.3, -0.25) is 4.79 Å². The Morgan fingerprint density at radius 1 is 1.44 bits per heavy atom. The molecular formula is C10H10F3NOS. The van der Waals surface area contributed by atoms with Gasteiger partial charge in [0.2, 0.25) is 6.41 Å². The van der Waals surface area contributed by atoms with E-state index in [0.717, 1.165) is 6.07 Å². The third-order valence-corrected chi connectivity index (χ3v) is 2.56. The van der Waals surface area contributed by atoms with Crippen LogP contribution in [0.4, 0.5) is 18.9 Å². The van der Waals surface area contributed by atoms with Crippen molar-refractivity contribution in [1.82, 2.24) is 0 Å². The lowest BCUT2D eigenvalue weighted by molar-refractivity contribution is -0.137. The highest BCUT2D eigenvalue weighted by molar-refractivity contribution is 7.97. The summed E-state index contributed by atoms with van der Waals surface area (Å²) >= 11 is 1.39. The molecule has 0 aliphatic rings. The summed E-state index contributed by atoms with van der Waals surface area (Å²) in [5.41, 5.74) is -0.500. The standard InChI is InChI=1S/C10H10F3NOS/c1-16-5-7-3-2-4-8(10(11,12)13)9(7)14-6-15/h2-4,6H,5H2,1H3,(H,14,15). The minimum atomic E-state index is -4.46. The Morgan fingerprint density at radius 2 is 2.12 bits per heavy atom. The van der Waals surface area contributed by atoms with Crippen LogP contribution in [0.15, 0.2) is 18.2 Å². The molecule has 0 saturated carbocycles. The van der Waals surface area contributed by atoms with Crippen molar-refractivity contribution in [2.24, 2.45) is 0 Å². The summed E-state index contributed by atoms with van der Waals surface area (Å²) in [5.74, 6) is 0.417. The fourth-order valence-electron chi connectivity index (χ4n) is 1.34. The fourth-order valence-corrected chi connectivity index (χ4v) is 1.89. The van der Waals surface area contributed by atoms with E-state index in [1.165, 1.54) is 17.8 Å². The molecule has 0 heterocycles. The normalized spacial score (nSPS) is 11.2. The number of hydrogen-bond acceptors (Lipinski definition) is 2. The zero-order valence-corrected chi connectivity index (χ0v) is 9.28. The maximum absolute atomic E-state index is 12.6. The highest BCUT2D eigenvalue weighted by Crippen LogP contribution is 2.37. The first-order chi connectivity index (χ1) is 7.50. The number of nitrogens with one attached hydrogen (secondary N) is 1. The molecular weight excluding hydrogens is 239 g/mol. The van der Waals surface area contributed by atoms with E-state index in [-0.39, 0.29) is 12.1 Å². The highest BCUT2D eigenvalue weighted by Gasteiger charge is 2.34. The van der Waals surface area contributed by atoms with E-state index in [4.69, 9.17) is 0 Å². The first kappa shape index (κ1) is 12.9. The second kappa shape index (κ2) is 5.25. The number of rotatable bonds is 4. The van der Waals surface area contributed by atoms with Gasteiger partial charge in [0.05, 0.1) is 11.3 Å². The van der Waals surface area contributed by atoms with Crippen LogP contribution in [0.5, 0.6) is 0 Å². The van der Waals surface area contributed by atoms with Crippen molar-refractivity contribution in [3.63, 3.8) is 0 Å². The maximum atomic E-state index is 12.6. The molecule has 1 N–H and O–H groups in total. The zero-order chi connectivity index (χ0) is 12.2. The average molecular weight is 249 g/mol. The number of thioether (sulfide) groups is 1. The maximum Gasteiger partial charge on any atom is 0.418 e. The molecule has 0 spiro atoms. The van der Waals surface area contributed by atoms with Crippen molar-refractivity contribution in [2.75, 3.05) is 11.6 Å². The summed E-state index contributed by atoms with van der Waals surface area (Å²) in [6.45, 7) is 0. The largest absolute Gasteiger partial charge is 0.418 e.